The van der Waals surface area contributed by atoms with E-state index in [1.165, 1.54) is 17.2 Å². The van der Waals surface area contributed by atoms with E-state index in [9.17, 15) is 4.79 Å². The van der Waals surface area contributed by atoms with Crippen LogP contribution in [0.2, 0.25) is 10.0 Å². The molecule has 0 N–H and O–H groups in total. The Morgan fingerprint density at radius 2 is 1.92 bits per heavy atom. The second-order valence-electron chi connectivity index (χ2n) is 5.46. The number of hydrogen-bond donors (Lipinski definition) is 0. The zero-order valence-corrected chi connectivity index (χ0v) is 14.8. The summed E-state index contributed by atoms with van der Waals surface area (Å²) >= 11 is 12.1. The number of para-hydroxylation sites is 1. The van der Waals surface area contributed by atoms with E-state index in [1.54, 1.807) is 48.5 Å². The molecule has 2 aromatic carbocycles. The van der Waals surface area contributed by atoms with Gasteiger partial charge in [0.25, 0.3) is 5.56 Å². The molecule has 0 amide bonds. The molecule has 0 fully saturated rings. The first-order valence-corrected chi connectivity index (χ1v) is 8.44. The Kier molecular flexibility index (Phi) is 4.32. The third-order valence-electron chi connectivity index (χ3n) is 3.77. The minimum Gasteiger partial charge on any atom is -0.461 e. The highest BCUT2D eigenvalue weighted by Gasteiger charge is 2.14. The monoisotopic (exact) mass is 383 g/mol. The van der Waals surface area contributed by atoms with Crippen LogP contribution in [0.5, 0.6) is 0 Å². The van der Waals surface area contributed by atoms with Gasteiger partial charge in [0.2, 0.25) is 5.82 Å². The fourth-order valence-corrected chi connectivity index (χ4v) is 2.98. The van der Waals surface area contributed by atoms with Crippen molar-refractivity contribution in [1.82, 2.24) is 9.66 Å². The number of aromatic nitrogens is 2. The lowest BCUT2D eigenvalue weighted by atomic mass is 10.2. The molecule has 5 nitrogen and oxygen atoms in total. The van der Waals surface area contributed by atoms with Crippen LogP contribution in [0.1, 0.15) is 5.56 Å². The third-order valence-corrected chi connectivity index (χ3v) is 4.33. The first-order valence-electron chi connectivity index (χ1n) is 7.68. The molecule has 0 unspecified atom stereocenters. The molecule has 0 aliphatic rings. The molecule has 128 valence electrons. The van der Waals surface area contributed by atoms with Gasteiger partial charge in [0.15, 0.2) is 5.76 Å². The van der Waals surface area contributed by atoms with Gasteiger partial charge in [-0.25, -0.2) is 4.98 Å². The highest BCUT2D eigenvalue weighted by atomic mass is 35.5. The fraction of sp³-hybridized carbons (Fsp3) is 0. The van der Waals surface area contributed by atoms with Crippen molar-refractivity contribution >= 4 is 40.3 Å². The first kappa shape index (κ1) is 16.6. The van der Waals surface area contributed by atoms with Gasteiger partial charge in [-0.2, -0.15) is 9.78 Å². The molecular weight excluding hydrogens is 373 g/mol. The van der Waals surface area contributed by atoms with E-state index < -0.39 is 0 Å². The van der Waals surface area contributed by atoms with Crippen LogP contribution >= 0.6 is 23.2 Å². The molecule has 0 radical (unpaired) electrons. The number of halogens is 2. The van der Waals surface area contributed by atoms with Crippen LogP contribution in [0.15, 0.2) is 75.2 Å². The van der Waals surface area contributed by atoms with Crippen molar-refractivity contribution < 1.29 is 4.42 Å². The molecule has 0 saturated heterocycles. The Labute approximate surface area is 158 Å². The van der Waals surface area contributed by atoms with Gasteiger partial charge in [0.05, 0.1) is 28.4 Å². The molecule has 0 aliphatic heterocycles. The van der Waals surface area contributed by atoms with Crippen LogP contribution in [0, 0.1) is 0 Å². The number of nitrogens with zero attached hydrogens (tertiary/aromatic N) is 3. The lowest BCUT2D eigenvalue weighted by molar-refractivity contribution is 0.571. The Hall–Kier alpha value is -2.89. The second kappa shape index (κ2) is 6.78. The van der Waals surface area contributed by atoms with Crippen molar-refractivity contribution in [3.63, 3.8) is 0 Å². The summed E-state index contributed by atoms with van der Waals surface area (Å²) in [5.41, 5.74) is 0.893. The molecule has 0 aliphatic carbocycles. The van der Waals surface area contributed by atoms with Crippen molar-refractivity contribution in [1.29, 1.82) is 0 Å². The third kappa shape index (κ3) is 3.03. The van der Waals surface area contributed by atoms with Crippen molar-refractivity contribution in [3.8, 4) is 11.6 Å². The molecule has 2 heterocycles. The fourth-order valence-electron chi connectivity index (χ4n) is 2.52. The van der Waals surface area contributed by atoms with Crippen LogP contribution in [0.3, 0.4) is 0 Å². The normalized spacial score (nSPS) is 11.5. The zero-order chi connectivity index (χ0) is 18.1. The average molecular weight is 384 g/mol. The average Bonchev–Trinajstić information content (AvgIpc) is 3.17. The van der Waals surface area contributed by atoms with E-state index in [0.717, 1.165) is 0 Å². The molecule has 0 bridgehead atoms. The summed E-state index contributed by atoms with van der Waals surface area (Å²) in [7, 11) is 0. The summed E-state index contributed by atoms with van der Waals surface area (Å²) in [6, 6.07) is 15.6. The van der Waals surface area contributed by atoms with Crippen molar-refractivity contribution in [3.05, 3.63) is 86.8 Å². The van der Waals surface area contributed by atoms with Crippen LogP contribution in [0.25, 0.3) is 22.5 Å². The summed E-state index contributed by atoms with van der Waals surface area (Å²) in [5, 5.41) is 5.72. The lowest BCUT2D eigenvalue weighted by Crippen LogP contribution is -2.20. The molecule has 7 heteroatoms. The number of hydrogen-bond acceptors (Lipinski definition) is 4. The minimum absolute atomic E-state index is 0.302. The van der Waals surface area contributed by atoms with E-state index >= 15 is 0 Å². The number of furan rings is 1. The number of benzene rings is 2. The Morgan fingerprint density at radius 1 is 1.08 bits per heavy atom. The summed E-state index contributed by atoms with van der Waals surface area (Å²) in [6.45, 7) is 0. The van der Waals surface area contributed by atoms with Crippen molar-refractivity contribution in [2.45, 2.75) is 0 Å². The maximum absolute atomic E-state index is 12.9. The van der Waals surface area contributed by atoms with Gasteiger partial charge in [-0.1, -0.05) is 41.4 Å². The van der Waals surface area contributed by atoms with Gasteiger partial charge in [-0.05, 0) is 36.4 Å². The zero-order valence-electron chi connectivity index (χ0n) is 13.3. The minimum atomic E-state index is -0.302. The van der Waals surface area contributed by atoms with E-state index in [4.69, 9.17) is 27.6 Å². The maximum atomic E-state index is 12.9. The van der Waals surface area contributed by atoms with E-state index in [1.807, 2.05) is 6.07 Å². The maximum Gasteiger partial charge on any atom is 0.282 e. The van der Waals surface area contributed by atoms with Gasteiger partial charge in [0, 0.05) is 10.6 Å². The van der Waals surface area contributed by atoms with E-state index in [2.05, 4.69) is 10.1 Å². The first-order chi connectivity index (χ1) is 12.6. The highest BCUT2D eigenvalue weighted by Crippen LogP contribution is 2.21. The molecule has 26 heavy (non-hydrogen) atoms. The predicted octanol–water partition coefficient (Wildman–Crippen LogP) is 4.85. The quantitative estimate of drug-likeness (QED) is 0.475. The summed E-state index contributed by atoms with van der Waals surface area (Å²) in [5.74, 6) is 0.743. The van der Waals surface area contributed by atoms with Crippen LogP contribution in [-0.4, -0.2) is 15.9 Å². The summed E-state index contributed by atoms with van der Waals surface area (Å²) in [4.78, 5) is 17.4. The topological polar surface area (TPSA) is 60.4 Å². The molecule has 2 aromatic heterocycles. The van der Waals surface area contributed by atoms with Gasteiger partial charge in [-0.3, -0.25) is 4.79 Å². The molecular formula is C19H11Cl2N3O2. The molecule has 4 rings (SSSR count). The van der Waals surface area contributed by atoms with Crippen LogP contribution in [0.4, 0.5) is 0 Å². The Morgan fingerprint density at radius 3 is 2.69 bits per heavy atom. The molecule has 0 atom stereocenters. The number of rotatable bonds is 3. The second-order valence-corrected chi connectivity index (χ2v) is 6.30. The van der Waals surface area contributed by atoms with E-state index in [-0.39, 0.29) is 5.56 Å². The van der Waals surface area contributed by atoms with Crippen LogP contribution in [-0.2, 0) is 0 Å². The Balaban J connectivity index is 1.93. The van der Waals surface area contributed by atoms with Gasteiger partial charge in [0.1, 0.15) is 0 Å². The van der Waals surface area contributed by atoms with Crippen LogP contribution < -0.4 is 5.56 Å². The van der Waals surface area contributed by atoms with Gasteiger partial charge >= 0.3 is 0 Å². The lowest BCUT2D eigenvalue weighted by Gasteiger charge is -2.07. The van der Waals surface area contributed by atoms with Crippen molar-refractivity contribution in [2.75, 3.05) is 0 Å². The van der Waals surface area contributed by atoms with Gasteiger partial charge in [-0.15, -0.1) is 0 Å². The van der Waals surface area contributed by atoms with Crippen molar-refractivity contribution in [2.24, 2.45) is 5.10 Å². The standard InChI is InChI=1S/C19H11Cl2N3O2/c20-13-8-7-12(15(21)10-13)11-22-24-18(17-6-3-9-26-17)23-16-5-2-1-4-14(16)19(24)25/h1-11H. The smallest absolute Gasteiger partial charge is 0.282 e. The Bertz CT molecular complexity index is 1180. The SMILES string of the molecule is O=c1c2ccccc2nc(-c2ccco2)n1N=Cc1ccc(Cl)cc1Cl. The highest BCUT2D eigenvalue weighted by molar-refractivity contribution is 6.36. The molecule has 4 aromatic rings. The molecule has 0 saturated carbocycles. The number of fused-ring (bicyclic) bond motifs is 1. The summed E-state index contributed by atoms with van der Waals surface area (Å²) < 4.78 is 6.62. The predicted molar refractivity (Wildman–Crippen MR) is 103 cm³/mol. The van der Waals surface area contributed by atoms with Gasteiger partial charge < -0.3 is 4.42 Å². The summed E-state index contributed by atoms with van der Waals surface area (Å²) in [6.07, 6.45) is 3.00. The van der Waals surface area contributed by atoms with E-state index in [0.29, 0.717) is 38.1 Å². The largest absolute Gasteiger partial charge is 0.461 e. The molecule has 0 spiro atoms.